The zero-order valence-corrected chi connectivity index (χ0v) is 12.6. The molecule has 2 rings (SSSR count). The Morgan fingerprint density at radius 1 is 1.35 bits per heavy atom. The van der Waals surface area contributed by atoms with Crippen LogP contribution in [0, 0.1) is 0 Å². The number of nitrogens with zero attached hydrogens (tertiary/aromatic N) is 1. The minimum absolute atomic E-state index is 0.193. The average molecular weight is 336 g/mol. The number of carboxylic acid groups (broad SMARTS) is 1. The zero-order chi connectivity index (χ0) is 14.5. The van der Waals surface area contributed by atoms with Crippen LogP contribution >= 0.6 is 15.9 Å². The molecule has 0 radical (unpaired) electrons. The molecule has 0 aliphatic carbocycles. The molecule has 0 amide bonds. The van der Waals surface area contributed by atoms with Gasteiger partial charge in [-0.2, -0.15) is 0 Å². The Hall–Kier alpha value is -1.88. The molecule has 5 heteroatoms. The summed E-state index contributed by atoms with van der Waals surface area (Å²) in [4.78, 5) is 15.3. The van der Waals surface area contributed by atoms with Crippen LogP contribution in [-0.4, -0.2) is 16.1 Å². The third kappa shape index (κ3) is 3.57. The summed E-state index contributed by atoms with van der Waals surface area (Å²) in [6.45, 7) is 2.26. The molecule has 0 fully saturated rings. The first kappa shape index (κ1) is 14.5. The smallest absolute Gasteiger partial charge is 0.335 e. The summed E-state index contributed by atoms with van der Waals surface area (Å²) >= 11 is 3.44. The Bertz CT molecular complexity index is 628. The predicted octanol–water partition coefficient (Wildman–Crippen LogP) is 3.68. The van der Waals surface area contributed by atoms with E-state index in [0.29, 0.717) is 24.6 Å². The molecule has 4 nitrogen and oxygen atoms in total. The number of ether oxygens (including phenoxy) is 1. The summed E-state index contributed by atoms with van der Waals surface area (Å²) in [5.41, 5.74) is 1.87. The number of hydrogen-bond acceptors (Lipinski definition) is 3. The second-order valence-electron chi connectivity index (χ2n) is 4.22. The Balaban J connectivity index is 2.19. The van der Waals surface area contributed by atoms with Crippen LogP contribution in [0.25, 0.3) is 0 Å². The lowest BCUT2D eigenvalue weighted by atomic mass is 10.2. The SMILES string of the molecule is CCc1cc(C(=O)O)cc(OCc2ccccc2Br)n1. The van der Waals surface area contributed by atoms with Crippen LogP contribution in [0.5, 0.6) is 5.88 Å². The van der Waals surface area contributed by atoms with Gasteiger partial charge in [0.1, 0.15) is 6.61 Å². The number of carbonyl (C=O) groups is 1. The van der Waals surface area contributed by atoms with Gasteiger partial charge in [-0.1, -0.05) is 41.1 Å². The Labute approximate surface area is 125 Å². The van der Waals surface area contributed by atoms with Gasteiger partial charge in [-0.05, 0) is 18.6 Å². The van der Waals surface area contributed by atoms with Crippen molar-refractivity contribution in [3.63, 3.8) is 0 Å². The molecular formula is C15H14BrNO3. The van der Waals surface area contributed by atoms with Crippen molar-refractivity contribution in [3.05, 3.63) is 57.7 Å². The molecule has 0 unspecified atom stereocenters. The maximum Gasteiger partial charge on any atom is 0.335 e. The highest BCUT2D eigenvalue weighted by molar-refractivity contribution is 9.10. The van der Waals surface area contributed by atoms with E-state index in [2.05, 4.69) is 20.9 Å². The Kier molecular flexibility index (Phi) is 4.74. The van der Waals surface area contributed by atoms with E-state index in [1.807, 2.05) is 31.2 Å². The number of hydrogen-bond donors (Lipinski definition) is 1. The minimum atomic E-state index is -0.979. The largest absolute Gasteiger partial charge is 0.478 e. The molecule has 104 valence electrons. The summed E-state index contributed by atoms with van der Waals surface area (Å²) in [7, 11) is 0. The van der Waals surface area contributed by atoms with E-state index in [-0.39, 0.29) is 5.56 Å². The van der Waals surface area contributed by atoms with Crippen molar-refractivity contribution < 1.29 is 14.6 Å². The molecule has 1 aromatic heterocycles. The maximum atomic E-state index is 11.1. The van der Waals surface area contributed by atoms with Gasteiger partial charge in [0, 0.05) is 21.8 Å². The van der Waals surface area contributed by atoms with E-state index in [1.165, 1.54) is 6.07 Å². The van der Waals surface area contributed by atoms with Crippen molar-refractivity contribution in [2.24, 2.45) is 0 Å². The molecular weight excluding hydrogens is 322 g/mol. The molecule has 1 aromatic carbocycles. The van der Waals surface area contributed by atoms with Gasteiger partial charge >= 0.3 is 5.97 Å². The van der Waals surface area contributed by atoms with Crippen LogP contribution < -0.4 is 4.74 Å². The zero-order valence-electron chi connectivity index (χ0n) is 11.0. The van der Waals surface area contributed by atoms with Gasteiger partial charge in [0.25, 0.3) is 0 Å². The number of aromatic nitrogens is 1. The summed E-state index contributed by atoms with van der Waals surface area (Å²) in [5, 5.41) is 9.07. The van der Waals surface area contributed by atoms with Crippen LogP contribution in [-0.2, 0) is 13.0 Å². The third-order valence-electron chi connectivity index (χ3n) is 2.80. The molecule has 20 heavy (non-hydrogen) atoms. The minimum Gasteiger partial charge on any atom is -0.478 e. The second kappa shape index (κ2) is 6.52. The molecule has 0 aliphatic rings. The van der Waals surface area contributed by atoms with E-state index in [1.54, 1.807) is 6.07 Å². The highest BCUT2D eigenvalue weighted by Gasteiger charge is 2.09. The fourth-order valence-electron chi connectivity index (χ4n) is 1.71. The normalized spacial score (nSPS) is 10.3. The molecule has 1 heterocycles. The molecule has 0 spiro atoms. The summed E-state index contributed by atoms with van der Waals surface area (Å²) in [6, 6.07) is 10.7. The van der Waals surface area contributed by atoms with Crippen molar-refractivity contribution in [2.45, 2.75) is 20.0 Å². The number of benzene rings is 1. The van der Waals surface area contributed by atoms with Crippen LogP contribution in [0.15, 0.2) is 40.9 Å². The van der Waals surface area contributed by atoms with Gasteiger partial charge in [-0.3, -0.25) is 0 Å². The van der Waals surface area contributed by atoms with Crippen LogP contribution in [0.1, 0.15) is 28.5 Å². The maximum absolute atomic E-state index is 11.1. The molecule has 1 N–H and O–H groups in total. The predicted molar refractivity (Wildman–Crippen MR) is 79.0 cm³/mol. The van der Waals surface area contributed by atoms with Crippen LogP contribution in [0.4, 0.5) is 0 Å². The van der Waals surface area contributed by atoms with E-state index in [0.717, 1.165) is 10.0 Å². The Morgan fingerprint density at radius 2 is 2.10 bits per heavy atom. The van der Waals surface area contributed by atoms with Gasteiger partial charge in [0.2, 0.25) is 5.88 Å². The molecule has 0 saturated heterocycles. The molecule has 0 saturated carbocycles. The van der Waals surface area contributed by atoms with Crippen LogP contribution in [0.2, 0.25) is 0 Å². The van der Waals surface area contributed by atoms with E-state index in [9.17, 15) is 4.79 Å². The molecule has 0 atom stereocenters. The number of carboxylic acids is 1. The van der Waals surface area contributed by atoms with Gasteiger partial charge in [0.05, 0.1) is 5.56 Å². The summed E-state index contributed by atoms with van der Waals surface area (Å²) in [6.07, 6.45) is 0.659. The van der Waals surface area contributed by atoms with Crippen molar-refractivity contribution in [1.82, 2.24) is 4.98 Å². The van der Waals surface area contributed by atoms with Gasteiger partial charge in [0.15, 0.2) is 0 Å². The first-order valence-corrected chi connectivity index (χ1v) is 7.00. The fraction of sp³-hybridized carbons (Fsp3) is 0.200. The molecule has 0 bridgehead atoms. The first-order valence-electron chi connectivity index (χ1n) is 6.20. The van der Waals surface area contributed by atoms with Crippen LogP contribution in [0.3, 0.4) is 0 Å². The first-order chi connectivity index (χ1) is 9.60. The van der Waals surface area contributed by atoms with Gasteiger partial charge in [-0.25, -0.2) is 9.78 Å². The molecule has 0 aliphatic heterocycles. The number of halogens is 1. The lowest BCUT2D eigenvalue weighted by Gasteiger charge is -2.09. The van der Waals surface area contributed by atoms with E-state index in [4.69, 9.17) is 9.84 Å². The highest BCUT2D eigenvalue weighted by Crippen LogP contribution is 2.19. The summed E-state index contributed by atoms with van der Waals surface area (Å²) < 4.78 is 6.55. The van der Waals surface area contributed by atoms with E-state index >= 15 is 0 Å². The summed E-state index contributed by atoms with van der Waals surface area (Å²) in [5.74, 6) is -0.648. The van der Waals surface area contributed by atoms with E-state index < -0.39 is 5.97 Å². The average Bonchev–Trinajstić information content (AvgIpc) is 2.46. The number of aromatic carboxylic acids is 1. The van der Waals surface area contributed by atoms with Gasteiger partial charge < -0.3 is 9.84 Å². The van der Waals surface area contributed by atoms with Gasteiger partial charge in [-0.15, -0.1) is 0 Å². The monoisotopic (exact) mass is 335 g/mol. The number of aryl methyl sites for hydroxylation is 1. The fourth-order valence-corrected chi connectivity index (χ4v) is 2.11. The van der Waals surface area contributed by atoms with Crippen molar-refractivity contribution in [3.8, 4) is 5.88 Å². The van der Waals surface area contributed by atoms with Crippen molar-refractivity contribution in [1.29, 1.82) is 0 Å². The third-order valence-corrected chi connectivity index (χ3v) is 3.57. The lowest BCUT2D eigenvalue weighted by Crippen LogP contribution is -2.04. The molecule has 2 aromatic rings. The topological polar surface area (TPSA) is 59.4 Å². The quantitative estimate of drug-likeness (QED) is 0.905. The number of pyridine rings is 1. The Morgan fingerprint density at radius 3 is 2.75 bits per heavy atom. The van der Waals surface area contributed by atoms with Crippen molar-refractivity contribution in [2.75, 3.05) is 0 Å². The standard InChI is InChI=1S/C15H14BrNO3/c1-2-12-7-11(15(18)19)8-14(17-12)20-9-10-5-3-4-6-13(10)16/h3-8H,2,9H2,1H3,(H,18,19). The highest BCUT2D eigenvalue weighted by atomic mass is 79.9. The van der Waals surface area contributed by atoms with Crippen molar-refractivity contribution >= 4 is 21.9 Å². The lowest BCUT2D eigenvalue weighted by molar-refractivity contribution is 0.0696. The second-order valence-corrected chi connectivity index (χ2v) is 5.08. The number of rotatable bonds is 5.